The van der Waals surface area contributed by atoms with Crippen LogP contribution in [-0.2, 0) is 13.2 Å². The Kier molecular flexibility index (Phi) is 10.5. The molecule has 0 aliphatic carbocycles. The largest absolute Gasteiger partial charge is 0.488 e. The van der Waals surface area contributed by atoms with Gasteiger partial charge in [0.25, 0.3) is 0 Å². The van der Waals surface area contributed by atoms with Crippen LogP contribution in [-0.4, -0.2) is 12.3 Å². The molecule has 6 aromatic rings. The fourth-order valence-corrected chi connectivity index (χ4v) is 10.8. The van der Waals surface area contributed by atoms with Gasteiger partial charge in [-0.25, -0.2) is 0 Å². The quantitative estimate of drug-likeness (QED) is 0.122. The van der Waals surface area contributed by atoms with E-state index in [0.29, 0.717) is 13.2 Å². The maximum absolute atomic E-state index is 6.50. The zero-order valence-electron chi connectivity index (χ0n) is 24.7. The number of para-hydroxylation sites is 2. The van der Waals surface area contributed by atoms with Crippen molar-refractivity contribution in [3.8, 4) is 11.5 Å². The Labute approximate surface area is 263 Å². The third-order valence-corrected chi connectivity index (χ3v) is 12.9. The van der Waals surface area contributed by atoms with Crippen molar-refractivity contribution in [1.82, 2.24) is 0 Å². The van der Waals surface area contributed by atoms with Crippen LogP contribution in [0, 0.1) is 0 Å². The topological polar surface area (TPSA) is 18.5 Å². The molecule has 0 fully saturated rings. The molecular formula is C40H36O2P2. The first-order valence-corrected chi connectivity index (χ1v) is 18.1. The van der Waals surface area contributed by atoms with E-state index in [2.05, 4.69) is 158 Å². The van der Waals surface area contributed by atoms with Crippen molar-refractivity contribution in [2.45, 2.75) is 13.2 Å². The molecule has 0 saturated heterocycles. The van der Waals surface area contributed by atoms with Crippen LogP contribution in [0.2, 0.25) is 0 Å². The summed E-state index contributed by atoms with van der Waals surface area (Å²) in [7, 11) is -1.34. The van der Waals surface area contributed by atoms with E-state index in [1.165, 1.54) is 32.3 Å². The van der Waals surface area contributed by atoms with E-state index in [1.807, 2.05) is 12.1 Å². The highest BCUT2D eigenvalue weighted by molar-refractivity contribution is 7.76. The van der Waals surface area contributed by atoms with Gasteiger partial charge in [0.05, 0.1) is 0 Å². The summed E-state index contributed by atoms with van der Waals surface area (Å²) < 4.78 is 13.0. The van der Waals surface area contributed by atoms with Crippen LogP contribution in [0.1, 0.15) is 11.1 Å². The predicted octanol–water partition coefficient (Wildman–Crippen LogP) is 8.41. The molecule has 0 spiro atoms. The minimum Gasteiger partial charge on any atom is -0.488 e. The minimum atomic E-state index is -0.669. The highest BCUT2D eigenvalue weighted by atomic mass is 31.1. The van der Waals surface area contributed by atoms with E-state index in [0.717, 1.165) is 23.8 Å². The van der Waals surface area contributed by atoms with E-state index in [1.54, 1.807) is 0 Å². The molecule has 0 aliphatic rings. The Morgan fingerprint density at radius 2 is 0.659 bits per heavy atom. The zero-order chi connectivity index (χ0) is 29.8. The lowest BCUT2D eigenvalue weighted by Crippen LogP contribution is -2.22. The molecule has 44 heavy (non-hydrogen) atoms. The molecule has 0 heterocycles. The molecule has 6 rings (SSSR count). The number of hydrogen-bond donors (Lipinski definition) is 0. The summed E-state index contributed by atoms with van der Waals surface area (Å²) in [6.07, 6.45) is 2.08. The molecule has 0 saturated carbocycles. The van der Waals surface area contributed by atoms with Crippen LogP contribution < -0.4 is 30.7 Å². The molecule has 0 radical (unpaired) electrons. The number of hydrogen-bond acceptors (Lipinski definition) is 2. The van der Waals surface area contributed by atoms with Gasteiger partial charge in [-0.1, -0.05) is 158 Å². The Morgan fingerprint density at radius 3 is 1.05 bits per heavy atom. The van der Waals surface area contributed by atoms with Crippen molar-refractivity contribution in [2.24, 2.45) is 0 Å². The highest BCUT2D eigenvalue weighted by Gasteiger charge is 2.23. The molecule has 4 heteroatoms. The molecule has 0 unspecified atom stereocenters. The molecule has 218 valence electrons. The number of benzene rings is 6. The second-order valence-electron chi connectivity index (χ2n) is 10.5. The van der Waals surface area contributed by atoms with Gasteiger partial charge in [0, 0.05) is 10.6 Å². The summed E-state index contributed by atoms with van der Waals surface area (Å²) in [5, 5.41) is 5.33. The molecule has 0 N–H and O–H groups in total. The van der Waals surface area contributed by atoms with Crippen LogP contribution in [0.25, 0.3) is 0 Å². The third kappa shape index (κ3) is 7.83. The van der Waals surface area contributed by atoms with Crippen molar-refractivity contribution in [2.75, 3.05) is 12.3 Å². The monoisotopic (exact) mass is 610 g/mol. The van der Waals surface area contributed by atoms with Crippen molar-refractivity contribution in [3.05, 3.63) is 181 Å². The fraction of sp³-hybridized carbons (Fsp3) is 0.100. The average molecular weight is 611 g/mol. The summed E-state index contributed by atoms with van der Waals surface area (Å²) in [6.45, 7) is 1.11. The van der Waals surface area contributed by atoms with E-state index in [-0.39, 0.29) is 0 Å². The summed E-state index contributed by atoms with van der Waals surface area (Å²) in [6, 6.07) is 60.0. The molecule has 0 aliphatic heterocycles. The van der Waals surface area contributed by atoms with Crippen LogP contribution in [0.4, 0.5) is 0 Å². The van der Waals surface area contributed by atoms with Gasteiger partial charge in [-0.15, -0.1) is 0 Å². The third-order valence-electron chi connectivity index (χ3n) is 7.47. The minimum absolute atomic E-state index is 0.554. The van der Waals surface area contributed by atoms with Gasteiger partial charge in [-0.2, -0.15) is 0 Å². The van der Waals surface area contributed by atoms with Crippen LogP contribution in [0.15, 0.2) is 170 Å². The molecule has 0 amide bonds. The predicted molar refractivity (Wildman–Crippen MR) is 189 cm³/mol. The summed E-state index contributed by atoms with van der Waals surface area (Å²) in [5.74, 6) is 1.95. The Balaban J connectivity index is 1.31. The first-order chi connectivity index (χ1) is 21.8. The first kappa shape index (κ1) is 29.8. The standard InChI is InChI=1S/C40H36O2P2/c1-5-17-33(18-6-1)31-41-37-25-13-15-27-39(37)43(35-21-9-3-10-22-35)29-30-44(36-23-11-4-12-24-36)40-28-16-14-26-38(40)42-32-34-19-7-2-8-20-34/h1-28H,29-32H2/t43-,44-/m0/s1. The van der Waals surface area contributed by atoms with Gasteiger partial charge in [-0.05, 0) is 62.0 Å². The highest BCUT2D eigenvalue weighted by Crippen LogP contribution is 2.44. The van der Waals surface area contributed by atoms with Crippen molar-refractivity contribution < 1.29 is 9.47 Å². The lowest BCUT2D eigenvalue weighted by Gasteiger charge is -2.26. The van der Waals surface area contributed by atoms with Gasteiger partial charge >= 0.3 is 0 Å². The average Bonchev–Trinajstić information content (AvgIpc) is 3.10. The van der Waals surface area contributed by atoms with E-state index in [9.17, 15) is 0 Å². The van der Waals surface area contributed by atoms with E-state index >= 15 is 0 Å². The van der Waals surface area contributed by atoms with Gasteiger partial charge in [0.1, 0.15) is 24.7 Å². The summed E-state index contributed by atoms with van der Waals surface area (Å²) in [5.41, 5.74) is 2.34. The first-order valence-electron chi connectivity index (χ1n) is 15.0. The van der Waals surface area contributed by atoms with Gasteiger partial charge in [0.2, 0.25) is 0 Å². The zero-order valence-corrected chi connectivity index (χ0v) is 26.5. The van der Waals surface area contributed by atoms with Crippen molar-refractivity contribution in [3.63, 3.8) is 0 Å². The molecule has 6 aromatic carbocycles. The SMILES string of the molecule is c1ccc(COc2ccccc2[P@@](CC[P@@](c2ccccc2)c2ccccc2OCc2ccccc2)c2ccccc2)cc1. The summed E-state index contributed by atoms with van der Waals surface area (Å²) in [4.78, 5) is 0. The van der Waals surface area contributed by atoms with Crippen LogP contribution >= 0.6 is 15.8 Å². The summed E-state index contributed by atoms with van der Waals surface area (Å²) >= 11 is 0. The number of rotatable bonds is 13. The van der Waals surface area contributed by atoms with Crippen LogP contribution in [0.5, 0.6) is 11.5 Å². The number of ether oxygens (including phenoxy) is 2. The molecule has 2 nitrogen and oxygen atoms in total. The lowest BCUT2D eigenvalue weighted by molar-refractivity contribution is 0.309. The maximum Gasteiger partial charge on any atom is 0.127 e. The molecule has 0 bridgehead atoms. The maximum atomic E-state index is 6.50. The van der Waals surface area contributed by atoms with Gasteiger partial charge < -0.3 is 9.47 Å². The second-order valence-corrected chi connectivity index (χ2v) is 15.1. The Bertz CT molecular complexity index is 1580. The fourth-order valence-electron chi connectivity index (χ4n) is 5.27. The van der Waals surface area contributed by atoms with E-state index < -0.39 is 15.8 Å². The molecular weight excluding hydrogens is 574 g/mol. The normalized spacial score (nSPS) is 12.3. The van der Waals surface area contributed by atoms with Gasteiger partial charge in [-0.3, -0.25) is 0 Å². The molecule has 2 atom stereocenters. The van der Waals surface area contributed by atoms with Gasteiger partial charge in [0.15, 0.2) is 0 Å². The van der Waals surface area contributed by atoms with Crippen LogP contribution in [0.3, 0.4) is 0 Å². The second kappa shape index (κ2) is 15.5. The van der Waals surface area contributed by atoms with Crippen molar-refractivity contribution >= 4 is 37.1 Å². The van der Waals surface area contributed by atoms with E-state index in [4.69, 9.17) is 9.47 Å². The Morgan fingerprint density at radius 1 is 0.341 bits per heavy atom. The van der Waals surface area contributed by atoms with Crippen molar-refractivity contribution in [1.29, 1.82) is 0 Å². The Hall–Kier alpha value is -4.22. The molecule has 0 aromatic heterocycles. The smallest absolute Gasteiger partial charge is 0.127 e. The lowest BCUT2D eigenvalue weighted by atomic mass is 10.2.